The number of carboxylic acid groups (broad SMARTS) is 1. The fourth-order valence-electron chi connectivity index (χ4n) is 2.31. The minimum absolute atomic E-state index is 0.148. The van der Waals surface area contributed by atoms with Crippen molar-refractivity contribution >= 4 is 5.97 Å². The maximum Gasteiger partial charge on any atom is 0.304 e. The van der Waals surface area contributed by atoms with Crippen LogP contribution in [0, 0.1) is 20.8 Å². The number of aryl methyl sites for hydroxylation is 1. The van der Waals surface area contributed by atoms with E-state index in [0.29, 0.717) is 0 Å². The van der Waals surface area contributed by atoms with Crippen molar-refractivity contribution in [1.29, 1.82) is 0 Å². The Labute approximate surface area is 113 Å². The third kappa shape index (κ3) is 3.24. The van der Waals surface area contributed by atoms with E-state index in [2.05, 4.69) is 0 Å². The van der Waals surface area contributed by atoms with Gasteiger partial charge >= 0.3 is 5.97 Å². The number of benzene rings is 1. The van der Waals surface area contributed by atoms with Crippen molar-refractivity contribution in [3.8, 4) is 5.75 Å². The first kappa shape index (κ1) is 15.5. The Balaban J connectivity index is 3.17. The van der Waals surface area contributed by atoms with Gasteiger partial charge in [-0.1, -0.05) is 6.07 Å². The predicted octanol–water partition coefficient (Wildman–Crippen LogP) is 1.42. The van der Waals surface area contributed by atoms with E-state index in [1.54, 1.807) is 7.11 Å². The van der Waals surface area contributed by atoms with Crippen molar-refractivity contribution in [1.82, 2.24) is 0 Å². The van der Waals surface area contributed by atoms with E-state index in [-0.39, 0.29) is 6.42 Å². The molecular formula is C14H22N2O3. The van der Waals surface area contributed by atoms with Gasteiger partial charge in [-0.05, 0) is 43.0 Å². The van der Waals surface area contributed by atoms with E-state index in [1.807, 2.05) is 26.8 Å². The van der Waals surface area contributed by atoms with Gasteiger partial charge in [0.1, 0.15) is 5.75 Å². The van der Waals surface area contributed by atoms with Crippen LogP contribution in [0.1, 0.15) is 34.7 Å². The highest BCUT2D eigenvalue weighted by atomic mass is 16.5. The Morgan fingerprint density at radius 2 is 1.89 bits per heavy atom. The summed E-state index contributed by atoms with van der Waals surface area (Å²) in [5, 5.41) is 8.78. The van der Waals surface area contributed by atoms with E-state index >= 15 is 0 Å². The van der Waals surface area contributed by atoms with Crippen LogP contribution in [0.15, 0.2) is 6.07 Å². The highest BCUT2D eigenvalue weighted by Gasteiger charge is 2.22. The molecule has 0 heterocycles. The zero-order chi connectivity index (χ0) is 14.7. The number of aliphatic carboxylic acids is 1. The number of carbonyl (C=O) groups is 1. The average Bonchev–Trinajstić information content (AvgIpc) is 2.32. The summed E-state index contributed by atoms with van der Waals surface area (Å²) >= 11 is 0. The van der Waals surface area contributed by atoms with Crippen LogP contribution < -0.4 is 16.2 Å². The smallest absolute Gasteiger partial charge is 0.304 e. The number of carboxylic acids is 1. The first-order chi connectivity index (χ1) is 8.79. The van der Waals surface area contributed by atoms with Crippen molar-refractivity contribution in [2.24, 2.45) is 11.5 Å². The largest absolute Gasteiger partial charge is 0.496 e. The first-order valence-corrected chi connectivity index (χ1v) is 6.17. The number of hydrogen-bond donors (Lipinski definition) is 3. The van der Waals surface area contributed by atoms with Gasteiger partial charge in [-0.2, -0.15) is 0 Å². The fourth-order valence-corrected chi connectivity index (χ4v) is 2.31. The standard InChI is InChI=1S/C14H22N2O3/c1-7-5-10(8(2)9(3)14(7)19-4)13(16)11(15)6-12(17)18/h5,11,13H,6,15-16H2,1-4H3,(H,17,18). The highest BCUT2D eigenvalue weighted by molar-refractivity contribution is 5.67. The molecule has 0 aliphatic carbocycles. The predicted molar refractivity (Wildman–Crippen MR) is 74.4 cm³/mol. The number of hydrogen-bond acceptors (Lipinski definition) is 4. The zero-order valence-corrected chi connectivity index (χ0v) is 11.9. The van der Waals surface area contributed by atoms with Crippen LogP contribution in [-0.2, 0) is 4.79 Å². The van der Waals surface area contributed by atoms with Crippen LogP contribution in [0.5, 0.6) is 5.75 Å². The van der Waals surface area contributed by atoms with Gasteiger partial charge in [0.25, 0.3) is 0 Å². The monoisotopic (exact) mass is 266 g/mol. The van der Waals surface area contributed by atoms with Gasteiger partial charge in [-0.3, -0.25) is 4.79 Å². The lowest BCUT2D eigenvalue weighted by Crippen LogP contribution is -2.36. The Hall–Kier alpha value is -1.59. The lowest BCUT2D eigenvalue weighted by molar-refractivity contribution is -0.137. The van der Waals surface area contributed by atoms with Crippen molar-refractivity contribution in [3.05, 3.63) is 28.3 Å². The highest BCUT2D eigenvalue weighted by Crippen LogP contribution is 2.31. The van der Waals surface area contributed by atoms with Crippen molar-refractivity contribution < 1.29 is 14.6 Å². The molecule has 0 saturated carbocycles. The molecule has 0 aliphatic rings. The third-order valence-corrected chi connectivity index (χ3v) is 3.50. The molecule has 0 amide bonds. The molecule has 2 atom stereocenters. The van der Waals surface area contributed by atoms with Crippen LogP contribution in [0.4, 0.5) is 0 Å². The molecule has 1 aromatic rings. The van der Waals surface area contributed by atoms with Gasteiger partial charge in [0.05, 0.1) is 13.5 Å². The molecular weight excluding hydrogens is 244 g/mol. The Morgan fingerprint density at radius 1 is 1.32 bits per heavy atom. The van der Waals surface area contributed by atoms with Crippen LogP contribution in [0.3, 0.4) is 0 Å². The lowest BCUT2D eigenvalue weighted by Gasteiger charge is -2.23. The summed E-state index contributed by atoms with van der Waals surface area (Å²) in [6.45, 7) is 5.84. The molecule has 0 saturated heterocycles. The Kier molecular flexibility index (Phi) is 4.91. The molecule has 5 N–H and O–H groups in total. The van der Waals surface area contributed by atoms with E-state index in [4.69, 9.17) is 21.3 Å². The summed E-state index contributed by atoms with van der Waals surface area (Å²) in [4.78, 5) is 10.7. The van der Waals surface area contributed by atoms with Crippen LogP contribution in [-0.4, -0.2) is 24.2 Å². The summed E-state index contributed by atoms with van der Waals surface area (Å²) in [6.07, 6.45) is -0.148. The minimum atomic E-state index is -0.942. The molecule has 106 valence electrons. The van der Waals surface area contributed by atoms with Gasteiger partial charge in [0.15, 0.2) is 0 Å². The second kappa shape index (κ2) is 6.04. The number of nitrogens with two attached hydrogens (primary N) is 2. The second-order valence-corrected chi connectivity index (χ2v) is 4.85. The van der Waals surface area contributed by atoms with Crippen LogP contribution in [0.25, 0.3) is 0 Å². The fraction of sp³-hybridized carbons (Fsp3) is 0.500. The van der Waals surface area contributed by atoms with Crippen molar-refractivity contribution in [2.45, 2.75) is 39.3 Å². The van der Waals surface area contributed by atoms with Gasteiger partial charge in [-0.25, -0.2) is 0 Å². The van der Waals surface area contributed by atoms with E-state index in [0.717, 1.165) is 28.0 Å². The van der Waals surface area contributed by atoms with Gasteiger partial charge < -0.3 is 21.3 Å². The summed E-state index contributed by atoms with van der Waals surface area (Å²) in [5.74, 6) is -0.109. The third-order valence-electron chi connectivity index (χ3n) is 3.50. The van der Waals surface area contributed by atoms with Gasteiger partial charge in [0.2, 0.25) is 0 Å². The van der Waals surface area contributed by atoms with Crippen molar-refractivity contribution in [3.63, 3.8) is 0 Å². The zero-order valence-electron chi connectivity index (χ0n) is 11.9. The van der Waals surface area contributed by atoms with Crippen LogP contribution >= 0.6 is 0 Å². The molecule has 1 aromatic carbocycles. The molecule has 5 heteroatoms. The van der Waals surface area contributed by atoms with Gasteiger partial charge in [-0.15, -0.1) is 0 Å². The number of ether oxygens (including phenoxy) is 1. The van der Waals surface area contributed by atoms with E-state index < -0.39 is 18.1 Å². The average molecular weight is 266 g/mol. The second-order valence-electron chi connectivity index (χ2n) is 4.85. The maximum absolute atomic E-state index is 10.7. The quantitative estimate of drug-likeness (QED) is 0.748. The summed E-state index contributed by atoms with van der Waals surface area (Å²) in [6, 6.07) is 0.816. The molecule has 5 nitrogen and oxygen atoms in total. The molecule has 0 radical (unpaired) electrons. The topological polar surface area (TPSA) is 98.6 Å². The molecule has 2 unspecified atom stereocenters. The molecule has 1 rings (SSSR count). The molecule has 0 aliphatic heterocycles. The molecule has 19 heavy (non-hydrogen) atoms. The molecule has 0 bridgehead atoms. The SMILES string of the molecule is COc1c(C)cc(C(N)C(N)CC(=O)O)c(C)c1C. The lowest BCUT2D eigenvalue weighted by atomic mass is 9.90. The Morgan fingerprint density at radius 3 is 2.37 bits per heavy atom. The van der Waals surface area contributed by atoms with E-state index in [1.165, 1.54) is 0 Å². The Bertz CT molecular complexity index is 486. The summed E-state index contributed by atoms with van der Waals surface area (Å²) in [5.41, 5.74) is 15.8. The van der Waals surface area contributed by atoms with Crippen molar-refractivity contribution in [2.75, 3.05) is 7.11 Å². The molecule has 0 fully saturated rings. The van der Waals surface area contributed by atoms with Gasteiger partial charge in [0, 0.05) is 12.1 Å². The van der Waals surface area contributed by atoms with Crippen LogP contribution in [0.2, 0.25) is 0 Å². The first-order valence-electron chi connectivity index (χ1n) is 6.17. The minimum Gasteiger partial charge on any atom is -0.496 e. The summed E-state index contributed by atoms with van der Waals surface area (Å²) in [7, 11) is 1.63. The summed E-state index contributed by atoms with van der Waals surface area (Å²) < 4.78 is 5.35. The molecule has 0 spiro atoms. The molecule has 0 aromatic heterocycles. The number of rotatable bonds is 5. The van der Waals surface area contributed by atoms with E-state index in [9.17, 15) is 4.79 Å². The maximum atomic E-state index is 10.7. The number of methoxy groups -OCH3 is 1. The normalized spacial score (nSPS) is 14.0.